The van der Waals surface area contributed by atoms with Gasteiger partial charge in [-0.1, -0.05) is 191 Å². The lowest BCUT2D eigenvalue weighted by Crippen LogP contribution is -2.61. The fourth-order valence-corrected chi connectivity index (χ4v) is 8.85. The fourth-order valence-electron chi connectivity index (χ4n) is 8.85. The third-order valence-corrected chi connectivity index (χ3v) is 13.6. The quantitative estimate of drug-likeness (QED) is 0.0171. The van der Waals surface area contributed by atoms with Gasteiger partial charge in [-0.15, -0.1) is 0 Å². The van der Waals surface area contributed by atoms with Gasteiger partial charge in [-0.25, -0.2) is 0 Å². The van der Waals surface area contributed by atoms with Gasteiger partial charge < -0.3 is 64.2 Å². The average Bonchev–Trinajstić information content (AvgIpc) is 3.38. The van der Waals surface area contributed by atoms with Crippen LogP contribution in [0, 0.1) is 0 Å². The molecule has 0 aromatic heterocycles. The minimum Gasteiger partial charge on any atom is -0.462 e. The maximum atomic E-state index is 13.0. The zero-order valence-corrected chi connectivity index (χ0v) is 45.1. The van der Waals surface area contributed by atoms with Crippen molar-refractivity contribution in [3.8, 4) is 0 Å². The van der Waals surface area contributed by atoms with Crippen LogP contribution in [0.1, 0.15) is 213 Å². The number of ether oxygens (including phenoxy) is 6. The van der Waals surface area contributed by atoms with Gasteiger partial charge in [0.05, 0.1) is 19.8 Å². The minimum atomic E-state index is -1.77. The monoisotopic (exact) mass is 1040 g/mol. The molecule has 2 rings (SSSR count). The summed E-state index contributed by atoms with van der Waals surface area (Å²) >= 11 is 0. The zero-order chi connectivity index (χ0) is 53.2. The van der Waals surface area contributed by atoms with E-state index in [0.29, 0.717) is 12.8 Å². The average molecular weight is 1040 g/mol. The first kappa shape index (κ1) is 66.6. The Kier molecular flexibility index (Phi) is 40.6. The Balaban J connectivity index is 1.78. The summed E-state index contributed by atoms with van der Waals surface area (Å²) in [6, 6.07) is 0. The number of unbranched alkanes of at least 4 members (excludes halogenated alkanes) is 23. The van der Waals surface area contributed by atoms with Gasteiger partial charge in [0.1, 0.15) is 55.4 Å². The molecule has 424 valence electrons. The molecule has 73 heavy (non-hydrogen) atoms. The molecule has 2 saturated heterocycles. The van der Waals surface area contributed by atoms with Crippen LogP contribution in [0.5, 0.6) is 0 Å². The molecule has 2 aliphatic rings. The smallest absolute Gasteiger partial charge is 0.306 e. The Bertz CT molecular complexity index is 1450. The Labute approximate surface area is 439 Å². The first-order valence-corrected chi connectivity index (χ1v) is 28.7. The highest BCUT2D eigenvalue weighted by Gasteiger charge is 2.47. The maximum Gasteiger partial charge on any atom is 0.306 e. The Hall–Kier alpha value is -2.54. The van der Waals surface area contributed by atoms with Gasteiger partial charge in [-0.2, -0.15) is 0 Å². The molecule has 2 aliphatic heterocycles. The lowest BCUT2D eigenvalue weighted by molar-refractivity contribution is -0.332. The van der Waals surface area contributed by atoms with Crippen molar-refractivity contribution in [3.63, 3.8) is 0 Å². The first-order valence-electron chi connectivity index (χ1n) is 28.7. The lowest BCUT2D eigenvalue weighted by atomic mass is 9.98. The predicted molar refractivity (Wildman–Crippen MR) is 284 cm³/mol. The first-order chi connectivity index (χ1) is 35.5. The molecule has 0 spiro atoms. The van der Waals surface area contributed by atoms with E-state index in [0.717, 1.165) is 64.2 Å². The number of rotatable bonds is 45. The van der Waals surface area contributed by atoms with Gasteiger partial charge in [-0.05, 0) is 57.8 Å². The highest BCUT2D eigenvalue weighted by atomic mass is 16.7. The minimum absolute atomic E-state index is 0.128. The molecule has 0 aromatic carbocycles. The van der Waals surface area contributed by atoms with Crippen LogP contribution in [-0.2, 0) is 38.0 Å². The number of hydrogen-bond donors (Lipinski definition) is 7. The molecule has 11 atom stereocenters. The summed E-state index contributed by atoms with van der Waals surface area (Å²) in [6.07, 6.45) is 34.1. The van der Waals surface area contributed by atoms with E-state index in [1.54, 1.807) is 0 Å². The lowest BCUT2D eigenvalue weighted by Gasteiger charge is -2.42. The number of aliphatic hydroxyl groups is 7. The second kappa shape index (κ2) is 44.6. The van der Waals surface area contributed by atoms with Crippen molar-refractivity contribution < 1.29 is 73.8 Å². The standard InChI is InChI=1S/C58H102O15/c1-3-5-7-9-11-13-15-17-19-21-23-25-27-29-31-33-35-37-39-41-50(61)71-46(43-68-49(60)40-38-36-34-32-30-28-26-24-22-20-18-16-14-12-10-8-6-4-2)44-69-57-56(67)54(65)52(63)48(73-57)45-70-58-55(66)53(64)51(62)47(42-59)72-58/h11,13,17,19,23,25,29,31,46-48,51-59,62-67H,3-10,12,14-16,18,20-22,24,26-28,30,32-45H2,1-2H3/b13-11+,19-17+,25-23+,31-29+/t46-,47+,48+,51-,52-,53?,54?,55?,56?,57+,58+/m0/s1. The van der Waals surface area contributed by atoms with Crippen LogP contribution < -0.4 is 0 Å². The van der Waals surface area contributed by atoms with Crippen molar-refractivity contribution in [3.05, 3.63) is 48.6 Å². The largest absolute Gasteiger partial charge is 0.462 e. The molecule has 15 nitrogen and oxygen atoms in total. The van der Waals surface area contributed by atoms with Crippen LogP contribution in [0.3, 0.4) is 0 Å². The van der Waals surface area contributed by atoms with E-state index in [4.69, 9.17) is 28.4 Å². The van der Waals surface area contributed by atoms with Crippen molar-refractivity contribution >= 4 is 11.9 Å². The topological polar surface area (TPSA) is 231 Å². The zero-order valence-electron chi connectivity index (χ0n) is 45.1. The molecule has 0 bridgehead atoms. The number of aliphatic hydroxyl groups excluding tert-OH is 7. The summed E-state index contributed by atoms with van der Waals surface area (Å²) in [7, 11) is 0. The van der Waals surface area contributed by atoms with E-state index >= 15 is 0 Å². The van der Waals surface area contributed by atoms with E-state index in [-0.39, 0.29) is 19.4 Å². The fraction of sp³-hybridized carbons (Fsp3) is 0.828. The summed E-state index contributed by atoms with van der Waals surface area (Å²) in [6.45, 7) is 2.56. The Morgan fingerprint density at radius 2 is 0.822 bits per heavy atom. The maximum absolute atomic E-state index is 13.0. The van der Waals surface area contributed by atoms with Gasteiger partial charge in [-0.3, -0.25) is 9.59 Å². The molecule has 0 aliphatic carbocycles. The van der Waals surface area contributed by atoms with Crippen molar-refractivity contribution in [1.29, 1.82) is 0 Å². The third kappa shape index (κ3) is 32.0. The van der Waals surface area contributed by atoms with Crippen molar-refractivity contribution in [2.75, 3.05) is 26.4 Å². The van der Waals surface area contributed by atoms with Crippen LogP contribution in [-0.4, -0.2) is 142 Å². The van der Waals surface area contributed by atoms with Crippen LogP contribution in [0.15, 0.2) is 48.6 Å². The van der Waals surface area contributed by atoms with Crippen molar-refractivity contribution in [2.45, 2.75) is 280 Å². The van der Waals surface area contributed by atoms with Crippen LogP contribution in [0.4, 0.5) is 0 Å². The number of hydrogen-bond acceptors (Lipinski definition) is 15. The highest BCUT2D eigenvalue weighted by molar-refractivity contribution is 5.70. The second-order valence-corrected chi connectivity index (χ2v) is 20.1. The number of carbonyl (C=O) groups excluding carboxylic acids is 2. The second-order valence-electron chi connectivity index (χ2n) is 20.1. The highest BCUT2D eigenvalue weighted by Crippen LogP contribution is 2.27. The van der Waals surface area contributed by atoms with E-state index in [9.17, 15) is 45.3 Å². The molecular weight excluding hydrogens is 937 g/mol. The van der Waals surface area contributed by atoms with E-state index in [1.165, 1.54) is 109 Å². The Morgan fingerprint density at radius 1 is 0.438 bits per heavy atom. The Morgan fingerprint density at radius 3 is 1.32 bits per heavy atom. The number of carbonyl (C=O) groups is 2. The molecule has 4 unspecified atom stereocenters. The molecule has 0 aromatic rings. The number of esters is 2. The number of allylic oxidation sites excluding steroid dienone is 8. The molecule has 0 saturated carbocycles. The van der Waals surface area contributed by atoms with Gasteiger partial charge in [0.25, 0.3) is 0 Å². The summed E-state index contributed by atoms with van der Waals surface area (Å²) < 4.78 is 33.6. The molecule has 7 N–H and O–H groups in total. The summed E-state index contributed by atoms with van der Waals surface area (Å²) in [5.41, 5.74) is 0. The van der Waals surface area contributed by atoms with Crippen LogP contribution in [0.25, 0.3) is 0 Å². The normalized spacial score (nSPS) is 25.2. The van der Waals surface area contributed by atoms with Gasteiger partial charge in [0.15, 0.2) is 18.7 Å². The molecule has 0 radical (unpaired) electrons. The summed E-state index contributed by atoms with van der Waals surface area (Å²) in [5.74, 6) is -0.954. The van der Waals surface area contributed by atoms with E-state index < -0.39 is 99.3 Å². The third-order valence-electron chi connectivity index (χ3n) is 13.6. The van der Waals surface area contributed by atoms with Gasteiger partial charge in [0.2, 0.25) is 0 Å². The molecular formula is C58H102O15. The molecule has 15 heteroatoms. The summed E-state index contributed by atoms with van der Waals surface area (Å²) in [5, 5.41) is 72.2. The van der Waals surface area contributed by atoms with E-state index in [1.807, 2.05) is 0 Å². The molecule has 0 amide bonds. The van der Waals surface area contributed by atoms with E-state index in [2.05, 4.69) is 62.5 Å². The predicted octanol–water partition coefficient (Wildman–Crippen LogP) is 9.44. The van der Waals surface area contributed by atoms with Crippen LogP contribution >= 0.6 is 0 Å². The molecule has 2 heterocycles. The van der Waals surface area contributed by atoms with Gasteiger partial charge >= 0.3 is 11.9 Å². The van der Waals surface area contributed by atoms with Crippen molar-refractivity contribution in [2.24, 2.45) is 0 Å². The van der Waals surface area contributed by atoms with Crippen LogP contribution in [0.2, 0.25) is 0 Å². The summed E-state index contributed by atoms with van der Waals surface area (Å²) in [4.78, 5) is 25.9. The van der Waals surface area contributed by atoms with Crippen molar-refractivity contribution in [1.82, 2.24) is 0 Å². The SMILES string of the molecule is CCCCC/C=C/C/C=C/C/C=C/C/C=C/CCCCCC(=O)O[C@@H](COC(=O)CCCCCCCCCCCCCCCCCCCC)CO[C@@H]1O[C@H](CO[C@@H]2O[C@H](CO)[C@H](O)C(O)C2O)[C@H](O)C(O)C1O. The molecule has 2 fully saturated rings. The van der Waals surface area contributed by atoms with Gasteiger partial charge in [0, 0.05) is 12.8 Å².